The van der Waals surface area contributed by atoms with Gasteiger partial charge in [0.15, 0.2) is 0 Å². The molecule has 48 heavy (non-hydrogen) atoms. The maximum atomic E-state index is 10.6. The summed E-state index contributed by atoms with van der Waals surface area (Å²) in [4.78, 5) is 0. The first kappa shape index (κ1) is 29.0. The number of benzene rings is 7. The molecule has 4 heteroatoms. The van der Waals surface area contributed by atoms with Crippen LogP contribution in [0.3, 0.4) is 0 Å². The lowest BCUT2D eigenvalue weighted by Gasteiger charge is -2.48. The molecule has 0 aliphatic rings. The highest BCUT2D eigenvalue weighted by molar-refractivity contribution is 7.20. The highest BCUT2D eigenvalue weighted by atomic mass is 28.3. The summed E-state index contributed by atoms with van der Waals surface area (Å²) in [6.45, 7) is 0. The quantitative estimate of drug-likeness (QED) is 0.141. The van der Waals surface area contributed by atoms with Crippen molar-refractivity contribution in [3.8, 4) is 29.0 Å². The van der Waals surface area contributed by atoms with Gasteiger partial charge in [0.2, 0.25) is 0 Å². The van der Waals surface area contributed by atoms with Crippen molar-refractivity contribution in [3.05, 3.63) is 187 Å². The topological polar surface area (TPSA) is 52.5 Å². The van der Waals surface area contributed by atoms with Gasteiger partial charge in [0, 0.05) is 22.0 Å². The monoisotopic (exact) mass is 627 g/mol. The van der Waals surface area contributed by atoms with Gasteiger partial charge in [-0.05, 0) is 49.5 Å². The fraction of sp³-hybridized carbons (Fsp3) is 0. The largest absolute Gasteiger partial charge is 0.309 e. The van der Waals surface area contributed by atoms with Gasteiger partial charge in [0.1, 0.15) is 0 Å². The molecule has 8 aromatic rings. The smallest absolute Gasteiger partial charge is 0.0998 e. The van der Waals surface area contributed by atoms with Crippen molar-refractivity contribution in [1.82, 2.24) is 4.57 Å². The highest BCUT2D eigenvalue weighted by Crippen LogP contribution is 2.34. The predicted octanol–water partition coefficient (Wildman–Crippen LogP) is 7.57. The zero-order valence-electron chi connectivity index (χ0n) is 26.1. The van der Waals surface area contributed by atoms with Crippen LogP contribution >= 0.6 is 0 Å². The first-order valence-electron chi connectivity index (χ1n) is 16.0. The van der Waals surface area contributed by atoms with Crippen LogP contribution in [0.1, 0.15) is 11.1 Å². The Kier molecular flexibility index (Phi) is 7.27. The van der Waals surface area contributed by atoms with Crippen molar-refractivity contribution in [2.24, 2.45) is 0 Å². The molecule has 0 aliphatic heterocycles. The first-order valence-corrected chi connectivity index (χ1v) is 18.0. The van der Waals surface area contributed by atoms with Crippen LogP contribution in [0.4, 0.5) is 0 Å². The molecule has 0 unspecified atom stereocenters. The second-order valence-corrected chi connectivity index (χ2v) is 15.7. The SMILES string of the molecule is N#Cc1cc(-n2c3ccccc3c3ccccc32)ccc1-c1ccc(C#N)c([Si-](c2ccccc2)(c2ccccc2)c2ccccc2)c1. The van der Waals surface area contributed by atoms with Crippen LogP contribution < -0.4 is 20.7 Å². The molecule has 0 fully saturated rings. The molecule has 0 aliphatic carbocycles. The van der Waals surface area contributed by atoms with Gasteiger partial charge in [-0.25, -0.2) is 0 Å². The van der Waals surface area contributed by atoms with Crippen LogP contribution in [0.2, 0.25) is 0 Å². The van der Waals surface area contributed by atoms with E-state index in [9.17, 15) is 10.5 Å². The van der Waals surface area contributed by atoms with E-state index in [2.05, 4.69) is 156 Å². The Morgan fingerprint density at radius 3 is 1.42 bits per heavy atom. The first-order chi connectivity index (χ1) is 23.7. The summed E-state index contributed by atoms with van der Waals surface area (Å²) in [5, 5.41) is 28.1. The number of aromatic nitrogens is 1. The van der Waals surface area contributed by atoms with E-state index in [0.717, 1.165) is 33.0 Å². The molecule has 0 N–H and O–H groups in total. The average Bonchev–Trinajstić information content (AvgIpc) is 3.50. The number of fused-ring (bicyclic) bond motifs is 3. The number of hydrogen-bond acceptors (Lipinski definition) is 2. The summed E-state index contributed by atoms with van der Waals surface area (Å²) in [7, 11) is -2.98. The summed E-state index contributed by atoms with van der Waals surface area (Å²) < 4.78 is 2.23. The van der Waals surface area contributed by atoms with Crippen molar-refractivity contribution in [1.29, 1.82) is 10.5 Å². The Bertz CT molecular complexity index is 2370. The van der Waals surface area contributed by atoms with Crippen LogP contribution in [-0.4, -0.2) is 12.6 Å². The molecule has 225 valence electrons. The van der Waals surface area contributed by atoms with Crippen molar-refractivity contribution in [2.75, 3.05) is 0 Å². The number of para-hydroxylation sites is 2. The van der Waals surface area contributed by atoms with Crippen molar-refractivity contribution >= 4 is 50.6 Å². The molecule has 0 atom stereocenters. The zero-order chi connectivity index (χ0) is 32.5. The second kappa shape index (κ2) is 12.0. The van der Waals surface area contributed by atoms with Gasteiger partial charge < -0.3 is 4.57 Å². The lowest BCUT2D eigenvalue weighted by atomic mass is 9.98. The van der Waals surface area contributed by atoms with E-state index in [1.165, 1.54) is 26.3 Å². The molecule has 3 nitrogen and oxygen atoms in total. The molecule has 1 aromatic heterocycles. The third-order valence-corrected chi connectivity index (χ3v) is 14.3. The van der Waals surface area contributed by atoms with Gasteiger partial charge in [-0.1, -0.05) is 146 Å². The third-order valence-electron chi connectivity index (χ3n) is 9.44. The Morgan fingerprint density at radius 1 is 0.438 bits per heavy atom. The Hall–Kier alpha value is -6.46. The molecule has 0 spiro atoms. The minimum absolute atomic E-state index is 0.580. The molecule has 0 saturated carbocycles. The average molecular weight is 628 g/mol. The van der Waals surface area contributed by atoms with Gasteiger partial charge >= 0.3 is 0 Å². The maximum Gasteiger partial charge on any atom is 0.0998 e. The van der Waals surface area contributed by atoms with E-state index in [1.807, 2.05) is 36.4 Å². The summed E-state index contributed by atoms with van der Waals surface area (Å²) in [5.74, 6) is 0. The van der Waals surface area contributed by atoms with E-state index >= 15 is 0 Å². The zero-order valence-corrected chi connectivity index (χ0v) is 27.1. The number of hydrogen-bond donors (Lipinski definition) is 0. The molecule has 0 amide bonds. The van der Waals surface area contributed by atoms with E-state index in [-0.39, 0.29) is 0 Å². The van der Waals surface area contributed by atoms with Crippen LogP contribution in [0, 0.1) is 22.7 Å². The van der Waals surface area contributed by atoms with E-state index in [1.54, 1.807) is 0 Å². The fourth-order valence-electron chi connectivity index (χ4n) is 7.37. The van der Waals surface area contributed by atoms with Gasteiger partial charge in [-0.15, -0.1) is 0 Å². The Labute approximate surface area is 280 Å². The second-order valence-electron chi connectivity index (χ2n) is 11.9. The van der Waals surface area contributed by atoms with E-state index < -0.39 is 8.07 Å². The molecule has 7 aromatic carbocycles. The van der Waals surface area contributed by atoms with E-state index in [4.69, 9.17) is 0 Å². The van der Waals surface area contributed by atoms with Gasteiger partial charge in [-0.2, -0.15) is 31.3 Å². The minimum Gasteiger partial charge on any atom is -0.309 e. The Balaban J connectivity index is 1.38. The number of rotatable bonds is 6. The van der Waals surface area contributed by atoms with Crippen molar-refractivity contribution < 1.29 is 0 Å². The maximum absolute atomic E-state index is 10.6. The summed E-state index contributed by atoms with van der Waals surface area (Å²) in [6.07, 6.45) is 0. The van der Waals surface area contributed by atoms with Crippen LogP contribution in [0.15, 0.2) is 176 Å². The van der Waals surface area contributed by atoms with Gasteiger partial charge in [0.05, 0.1) is 28.7 Å². The molecule has 0 radical (unpaired) electrons. The van der Waals surface area contributed by atoms with Gasteiger partial charge in [0.25, 0.3) is 0 Å². The highest BCUT2D eigenvalue weighted by Gasteiger charge is 2.30. The molecule has 0 saturated heterocycles. The lowest BCUT2D eigenvalue weighted by Crippen LogP contribution is -2.75. The van der Waals surface area contributed by atoms with Crippen molar-refractivity contribution in [3.63, 3.8) is 0 Å². The third kappa shape index (κ3) is 4.55. The minimum atomic E-state index is -2.98. The fourth-order valence-corrected chi connectivity index (χ4v) is 12.3. The number of nitrogens with zero attached hydrogens (tertiary/aromatic N) is 3. The Morgan fingerprint density at radius 2 is 0.917 bits per heavy atom. The van der Waals surface area contributed by atoms with Crippen LogP contribution in [-0.2, 0) is 0 Å². The predicted molar refractivity (Wildman–Crippen MR) is 199 cm³/mol. The van der Waals surface area contributed by atoms with Crippen LogP contribution in [0.5, 0.6) is 0 Å². The standard InChI is InChI=1S/C44H29N3Si/c45-30-33-25-24-32(29-44(33)48(36-14-4-1-5-15-36,37-16-6-2-7-17-37)38-18-8-3-9-19-38)39-27-26-35(28-34(39)31-46)47-42-22-12-10-20-40(42)41-21-11-13-23-43(41)47/h1-29H/q-1. The molecular formula is C44H29N3Si-. The summed E-state index contributed by atoms with van der Waals surface area (Å²) in [5.41, 5.74) is 6.10. The normalized spacial score (nSPS) is 11.3. The molecule has 0 bridgehead atoms. The van der Waals surface area contributed by atoms with Crippen molar-refractivity contribution in [2.45, 2.75) is 0 Å². The summed E-state index contributed by atoms with van der Waals surface area (Å²) >= 11 is 0. The summed E-state index contributed by atoms with van der Waals surface area (Å²) in [6, 6.07) is 65.9. The van der Waals surface area contributed by atoms with Crippen LogP contribution in [0.25, 0.3) is 38.6 Å². The number of nitriles is 2. The molecule has 8 rings (SSSR count). The molecular weight excluding hydrogens is 599 g/mol. The van der Waals surface area contributed by atoms with Gasteiger partial charge in [-0.3, -0.25) is 0 Å². The van der Waals surface area contributed by atoms with E-state index in [0.29, 0.717) is 11.1 Å². The molecule has 1 heterocycles. The lowest BCUT2D eigenvalue weighted by molar-refractivity contribution is 1.18.